The van der Waals surface area contributed by atoms with Crippen LogP contribution >= 0.6 is 0 Å². The fourth-order valence-corrected chi connectivity index (χ4v) is 1.90. The number of allylic oxidation sites excluding steroid dienone is 1. The first-order valence-corrected chi connectivity index (χ1v) is 6.88. The molecule has 0 fully saturated rings. The fourth-order valence-electron chi connectivity index (χ4n) is 1.90. The molecule has 0 aromatic heterocycles. The topological polar surface area (TPSA) is 107 Å². The number of nitrogens with zero attached hydrogens (tertiary/aromatic N) is 1. The van der Waals surface area contributed by atoms with Crippen molar-refractivity contribution in [1.29, 1.82) is 0 Å². The van der Waals surface area contributed by atoms with E-state index in [4.69, 9.17) is 9.84 Å². The summed E-state index contributed by atoms with van der Waals surface area (Å²) >= 11 is 0. The Kier molecular flexibility index (Phi) is 5.40. The van der Waals surface area contributed by atoms with Crippen LogP contribution in [0.5, 0.6) is 5.75 Å². The molecule has 0 bridgehead atoms. The molecule has 2 aromatic carbocycles. The number of non-ortho nitro benzene ring substituents is 1. The molecule has 0 aliphatic rings. The van der Waals surface area contributed by atoms with Crippen molar-refractivity contribution in [3.63, 3.8) is 0 Å². The third kappa shape index (κ3) is 4.51. The summed E-state index contributed by atoms with van der Waals surface area (Å²) in [5.41, 5.74) is 0.622. The van der Waals surface area contributed by atoms with Crippen molar-refractivity contribution < 1.29 is 24.4 Å². The smallest absolute Gasteiger partial charge is 0.341 e. The van der Waals surface area contributed by atoms with E-state index in [0.29, 0.717) is 11.1 Å². The van der Waals surface area contributed by atoms with Gasteiger partial charge in [0.15, 0.2) is 12.4 Å². The zero-order chi connectivity index (χ0) is 17.5. The van der Waals surface area contributed by atoms with Gasteiger partial charge in [-0.05, 0) is 18.2 Å². The van der Waals surface area contributed by atoms with E-state index in [1.165, 1.54) is 24.3 Å². The fraction of sp³-hybridized carbons (Fsp3) is 0.0588. The molecule has 0 unspecified atom stereocenters. The Morgan fingerprint density at radius 2 is 1.88 bits per heavy atom. The Morgan fingerprint density at radius 1 is 1.17 bits per heavy atom. The van der Waals surface area contributed by atoms with Gasteiger partial charge in [-0.15, -0.1) is 0 Å². The highest BCUT2D eigenvalue weighted by atomic mass is 16.6. The number of hydrogen-bond donors (Lipinski definition) is 1. The molecule has 0 heterocycles. The molecule has 2 rings (SSSR count). The molecule has 7 nitrogen and oxygen atoms in total. The number of carbonyl (C=O) groups is 2. The lowest BCUT2D eigenvalue weighted by Crippen LogP contribution is -2.10. The molecule has 0 saturated carbocycles. The summed E-state index contributed by atoms with van der Waals surface area (Å²) in [5.74, 6) is -1.45. The van der Waals surface area contributed by atoms with E-state index in [0.717, 1.165) is 6.07 Å². The Bertz CT molecular complexity index is 798. The predicted octanol–water partition coefficient (Wildman–Crippen LogP) is 2.95. The average Bonchev–Trinajstić information content (AvgIpc) is 2.58. The minimum Gasteiger partial charge on any atom is -0.481 e. The van der Waals surface area contributed by atoms with Crippen LogP contribution in [0.15, 0.2) is 54.6 Å². The minimum absolute atomic E-state index is 0.0173. The first-order chi connectivity index (χ1) is 11.5. The number of rotatable bonds is 7. The zero-order valence-corrected chi connectivity index (χ0v) is 12.4. The minimum atomic E-state index is -1.21. The van der Waals surface area contributed by atoms with Gasteiger partial charge in [-0.2, -0.15) is 0 Å². The van der Waals surface area contributed by atoms with Crippen molar-refractivity contribution >= 4 is 23.5 Å². The van der Waals surface area contributed by atoms with Gasteiger partial charge in [0.2, 0.25) is 0 Å². The molecule has 122 valence electrons. The molecule has 0 aliphatic carbocycles. The monoisotopic (exact) mass is 327 g/mol. The lowest BCUT2D eigenvalue weighted by atomic mass is 10.1. The maximum absolute atomic E-state index is 12.0. The second-order valence-corrected chi connectivity index (χ2v) is 4.73. The Labute approximate surface area is 137 Å². The van der Waals surface area contributed by atoms with Crippen LogP contribution in [0.4, 0.5) is 5.69 Å². The molecule has 1 N–H and O–H groups in total. The number of nitro benzene ring substituents is 1. The van der Waals surface area contributed by atoms with E-state index in [-0.39, 0.29) is 17.2 Å². The molecule has 0 aliphatic heterocycles. The molecule has 0 saturated heterocycles. The van der Waals surface area contributed by atoms with Crippen molar-refractivity contribution in [2.24, 2.45) is 0 Å². The maximum Gasteiger partial charge on any atom is 0.341 e. The summed E-state index contributed by atoms with van der Waals surface area (Å²) in [5, 5.41) is 19.5. The molecular formula is C17H13NO6. The highest BCUT2D eigenvalue weighted by Gasteiger charge is 2.12. The molecular weight excluding hydrogens is 314 g/mol. The number of aliphatic carboxylic acids is 1. The quantitative estimate of drug-likeness (QED) is 0.362. The Morgan fingerprint density at radius 3 is 2.50 bits per heavy atom. The number of ketones is 1. The summed E-state index contributed by atoms with van der Waals surface area (Å²) in [6.45, 7) is -0.644. The predicted molar refractivity (Wildman–Crippen MR) is 86.0 cm³/mol. The SMILES string of the molecule is O=C(O)COc1cc([N+](=O)[O-])ccc1C=CC(=O)c1ccccc1. The molecule has 0 amide bonds. The van der Waals surface area contributed by atoms with Crippen LogP contribution in [-0.4, -0.2) is 28.4 Å². The van der Waals surface area contributed by atoms with Gasteiger partial charge in [0.1, 0.15) is 5.75 Å². The zero-order valence-electron chi connectivity index (χ0n) is 12.4. The summed E-state index contributed by atoms with van der Waals surface area (Å²) in [4.78, 5) is 32.9. The van der Waals surface area contributed by atoms with Crippen LogP contribution < -0.4 is 4.74 Å². The van der Waals surface area contributed by atoms with Crippen molar-refractivity contribution in [2.75, 3.05) is 6.61 Å². The van der Waals surface area contributed by atoms with Crippen LogP contribution in [0.2, 0.25) is 0 Å². The van der Waals surface area contributed by atoms with Gasteiger partial charge in [0, 0.05) is 17.2 Å². The van der Waals surface area contributed by atoms with Crippen molar-refractivity contribution in [3.05, 3.63) is 75.8 Å². The van der Waals surface area contributed by atoms with Gasteiger partial charge in [0.25, 0.3) is 5.69 Å². The number of carboxylic acid groups (broad SMARTS) is 1. The van der Waals surface area contributed by atoms with E-state index in [1.807, 2.05) is 0 Å². The first kappa shape index (κ1) is 16.9. The van der Waals surface area contributed by atoms with Gasteiger partial charge in [0.05, 0.1) is 11.0 Å². The van der Waals surface area contributed by atoms with Gasteiger partial charge in [-0.3, -0.25) is 14.9 Å². The van der Waals surface area contributed by atoms with E-state index >= 15 is 0 Å². The third-order valence-corrected chi connectivity index (χ3v) is 3.03. The van der Waals surface area contributed by atoms with Crippen LogP contribution in [-0.2, 0) is 4.79 Å². The molecule has 2 aromatic rings. The second-order valence-electron chi connectivity index (χ2n) is 4.73. The molecule has 0 atom stereocenters. The highest BCUT2D eigenvalue weighted by molar-refractivity contribution is 6.06. The van der Waals surface area contributed by atoms with E-state index in [1.54, 1.807) is 30.3 Å². The number of ether oxygens (including phenoxy) is 1. The highest BCUT2D eigenvalue weighted by Crippen LogP contribution is 2.26. The number of carboxylic acids is 1. The van der Waals surface area contributed by atoms with Gasteiger partial charge in [-0.1, -0.05) is 30.3 Å². The van der Waals surface area contributed by atoms with E-state index in [9.17, 15) is 19.7 Å². The molecule has 0 spiro atoms. The normalized spacial score (nSPS) is 10.5. The van der Waals surface area contributed by atoms with Gasteiger partial charge < -0.3 is 9.84 Å². The number of nitro groups is 1. The van der Waals surface area contributed by atoms with Crippen LogP contribution in [0.3, 0.4) is 0 Å². The number of hydrogen-bond acceptors (Lipinski definition) is 5. The Balaban J connectivity index is 2.27. The third-order valence-electron chi connectivity index (χ3n) is 3.03. The Hall–Kier alpha value is -3.48. The standard InChI is InChI=1S/C17H13NO6/c19-15(12-4-2-1-3-5-12)9-7-13-6-8-14(18(22)23)10-16(13)24-11-17(20)21/h1-10H,11H2,(H,20,21). The van der Waals surface area contributed by atoms with Crippen molar-refractivity contribution in [2.45, 2.75) is 0 Å². The lowest BCUT2D eigenvalue weighted by molar-refractivity contribution is -0.384. The van der Waals surface area contributed by atoms with Crippen LogP contribution in [0.1, 0.15) is 15.9 Å². The largest absolute Gasteiger partial charge is 0.481 e. The summed E-state index contributed by atoms with van der Waals surface area (Å²) in [6, 6.07) is 12.3. The summed E-state index contributed by atoms with van der Waals surface area (Å²) < 4.78 is 5.06. The van der Waals surface area contributed by atoms with Crippen molar-refractivity contribution in [3.8, 4) is 5.75 Å². The summed E-state index contributed by atoms with van der Waals surface area (Å²) in [6.07, 6.45) is 2.72. The average molecular weight is 327 g/mol. The van der Waals surface area contributed by atoms with Gasteiger partial charge in [-0.25, -0.2) is 4.79 Å². The van der Waals surface area contributed by atoms with Gasteiger partial charge >= 0.3 is 5.97 Å². The summed E-state index contributed by atoms with van der Waals surface area (Å²) in [7, 11) is 0. The maximum atomic E-state index is 12.0. The first-order valence-electron chi connectivity index (χ1n) is 6.88. The lowest BCUT2D eigenvalue weighted by Gasteiger charge is -2.07. The van der Waals surface area contributed by atoms with E-state index < -0.39 is 17.5 Å². The molecule has 7 heteroatoms. The number of carbonyl (C=O) groups excluding carboxylic acids is 1. The molecule has 0 radical (unpaired) electrons. The van der Waals surface area contributed by atoms with Crippen LogP contribution in [0.25, 0.3) is 6.08 Å². The second kappa shape index (κ2) is 7.68. The van der Waals surface area contributed by atoms with E-state index in [2.05, 4.69) is 0 Å². The molecule has 24 heavy (non-hydrogen) atoms. The van der Waals surface area contributed by atoms with Crippen LogP contribution in [0, 0.1) is 10.1 Å². The van der Waals surface area contributed by atoms with Crippen molar-refractivity contribution in [1.82, 2.24) is 0 Å². The number of benzene rings is 2.